The van der Waals surface area contributed by atoms with Crippen molar-refractivity contribution in [3.8, 4) is 0 Å². The molecule has 0 aliphatic heterocycles. The zero-order valence-corrected chi connectivity index (χ0v) is 14.7. The molecule has 128 valence electrons. The summed E-state index contributed by atoms with van der Waals surface area (Å²) in [6, 6.07) is 11.2. The number of hydrogen-bond acceptors (Lipinski definition) is 4. The molecule has 1 unspecified atom stereocenters. The molecule has 24 heavy (non-hydrogen) atoms. The number of benzene rings is 1. The third-order valence-corrected chi connectivity index (χ3v) is 3.98. The van der Waals surface area contributed by atoms with Gasteiger partial charge in [0.05, 0.1) is 12.6 Å². The van der Waals surface area contributed by atoms with Crippen LogP contribution in [-0.4, -0.2) is 48.1 Å². The van der Waals surface area contributed by atoms with Crippen LogP contribution in [0.1, 0.15) is 34.5 Å². The monoisotopic (exact) mass is 327 g/mol. The van der Waals surface area contributed by atoms with Crippen LogP contribution in [0.25, 0.3) is 0 Å². The summed E-state index contributed by atoms with van der Waals surface area (Å²) in [5.41, 5.74) is 2.53. The molecule has 0 fully saturated rings. The van der Waals surface area contributed by atoms with Gasteiger partial charge in [-0.2, -0.15) is 0 Å². The van der Waals surface area contributed by atoms with Crippen molar-refractivity contribution < 1.29 is 9.90 Å². The van der Waals surface area contributed by atoms with Crippen molar-refractivity contribution in [1.29, 1.82) is 0 Å². The molecule has 0 aliphatic carbocycles. The smallest absolute Gasteiger partial charge is 0.254 e. The van der Waals surface area contributed by atoms with E-state index in [0.717, 1.165) is 16.9 Å². The Balaban J connectivity index is 2.14. The molecule has 5 nitrogen and oxygen atoms in total. The van der Waals surface area contributed by atoms with Gasteiger partial charge in [0.2, 0.25) is 0 Å². The Morgan fingerprint density at radius 3 is 2.46 bits per heavy atom. The molecule has 0 aliphatic rings. The number of hydrogen-bond donors (Lipinski definition) is 1. The second-order valence-corrected chi connectivity index (χ2v) is 6.07. The maximum Gasteiger partial charge on any atom is 0.254 e. The van der Waals surface area contributed by atoms with Gasteiger partial charge in [-0.05, 0) is 31.5 Å². The first-order valence-corrected chi connectivity index (χ1v) is 8.09. The average molecular weight is 327 g/mol. The number of aromatic nitrogens is 1. The summed E-state index contributed by atoms with van der Waals surface area (Å²) in [7, 11) is 3.77. The maximum absolute atomic E-state index is 12.7. The molecule has 1 amide bonds. The normalized spacial score (nSPS) is 11.9. The summed E-state index contributed by atoms with van der Waals surface area (Å²) in [5, 5.41) is 10.4. The highest BCUT2D eigenvalue weighted by Crippen LogP contribution is 2.17. The van der Waals surface area contributed by atoms with Gasteiger partial charge in [-0.15, -0.1) is 0 Å². The van der Waals surface area contributed by atoms with E-state index in [2.05, 4.69) is 4.98 Å². The fourth-order valence-electron chi connectivity index (χ4n) is 2.44. The highest BCUT2D eigenvalue weighted by Gasteiger charge is 2.19. The van der Waals surface area contributed by atoms with E-state index >= 15 is 0 Å². The summed E-state index contributed by atoms with van der Waals surface area (Å²) >= 11 is 0. The molecule has 0 spiro atoms. The van der Waals surface area contributed by atoms with Gasteiger partial charge in [0.25, 0.3) is 5.91 Å². The van der Waals surface area contributed by atoms with Gasteiger partial charge in [-0.25, -0.2) is 4.98 Å². The van der Waals surface area contributed by atoms with E-state index in [1.165, 1.54) is 0 Å². The molecule has 1 atom stereocenters. The lowest BCUT2D eigenvalue weighted by Gasteiger charge is -2.24. The predicted octanol–water partition coefficient (Wildman–Crippen LogP) is 2.65. The number of aliphatic hydroxyl groups excluding tert-OH is 1. The number of nitrogens with zero attached hydrogens (tertiary/aromatic N) is 3. The minimum atomic E-state index is -0.704. The van der Waals surface area contributed by atoms with E-state index < -0.39 is 6.10 Å². The fourth-order valence-corrected chi connectivity index (χ4v) is 2.44. The van der Waals surface area contributed by atoms with Crippen molar-refractivity contribution in [3.63, 3.8) is 0 Å². The maximum atomic E-state index is 12.7. The zero-order chi connectivity index (χ0) is 17.7. The Labute approximate surface area is 143 Å². The van der Waals surface area contributed by atoms with Crippen LogP contribution in [0.4, 0.5) is 5.82 Å². The van der Waals surface area contributed by atoms with Crippen molar-refractivity contribution in [1.82, 2.24) is 9.88 Å². The summed E-state index contributed by atoms with van der Waals surface area (Å²) in [4.78, 5) is 20.5. The molecule has 1 aromatic heterocycles. The SMILES string of the molecule is CCN(CC(O)c1ccc(C)cc1)C(=O)c1ccnc(N(C)C)c1. The second-order valence-electron chi connectivity index (χ2n) is 6.07. The number of pyridine rings is 1. The average Bonchev–Trinajstić information content (AvgIpc) is 2.59. The van der Waals surface area contributed by atoms with E-state index in [9.17, 15) is 9.90 Å². The molecule has 0 saturated carbocycles. The van der Waals surface area contributed by atoms with Gasteiger partial charge in [0, 0.05) is 32.4 Å². The summed E-state index contributed by atoms with van der Waals surface area (Å²) < 4.78 is 0. The highest BCUT2D eigenvalue weighted by molar-refractivity contribution is 5.94. The van der Waals surface area contributed by atoms with Gasteiger partial charge in [0.15, 0.2) is 0 Å². The largest absolute Gasteiger partial charge is 0.387 e. The minimum absolute atomic E-state index is 0.103. The molecular formula is C19H25N3O2. The first kappa shape index (κ1) is 17.9. The number of aliphatic hydroxyl groups is 1. The lowest BCUT2D eigenvalue weighted by molar-refractivity contribution is 0.0635. The Bertz CT molecular complexity index is 683. The van der Waals surface area contributed by atoms with Gasteiger partial charge in [-0.1, -0.05) is 29.8 Å². The molecular weight excluding hydrogens is 302 g/mol. The molecule has 0 radical (unpaired) electrons. The highest BCUT2D eigenvalue weighted by atomic mass is 16.3. The van der Waals surface area contributed by atoms with Crippen molar-refractivity contribution in [3.05, 3.63) is 59.3 Å². The van der Waals surface area contributed by atoms with Crippen LogP contribution in [0.3, 0.4) is 0 Å². The number of aryl methyl sites for hydroxylation is 1. The predicted molar refractivity (Wildman–Crippen MR) is 96.3 cm³/mol. The van der Waals surface area contributed by atoms with Gasteiger partial charge in [-0.3, -0.25) is 4.79 Å². The molecule has 5 heteroatoms. The quantitative estimate of drug-likeness (QED) is 0.886. The number of carbonyl (C=O) groups excluding carboxylic acids is 1. The lowest BCUT2D eigenvalue weighted by Crippen LogP contribution is -2.34. The summed E-state index contributed by atoms with van der Waals surface area (Å²) in [5.74, 6) is 0.630. The lowest BCUT2D eigenvalue weighted by atomic mass is 10.1. The van der Waals surface area contributed by atoms with Crippen LogP contribution in [0.5, 0.6) is 0 Å². The van der Waals surface area contributed by atoms with Crippen molar-refractivity contribution in [2.45, 2.75) is 20.0 Å². The van der Waals surface area contributed by atoms with E-state index in [4.69, 9.17) is 0 Å². The van der Waals surface area contributed by atoms with Crippen LogP contribution in [-0.2, 0) is 0 Å². The first-order valence-electron chi connectivity index (χ1n) is 8.09. The number of carbonyl (C=O) groups is 1. The minimum Gasteiger partial charge on any atom is -0.387 e. The second kappa shape index (κ2) is 7.93. The Hall–Kier alpha value is -2.40. The summed E-state index contributed by atoms with van der Waals surface area (Å²) in [6.07, 6.45) is 0.928. The van der Waals surface area contributed by atoms with Crippen molar-refractivity contribution in [2.75, 3.05) is 32.1 Å². The summed E-state index contributed by atoms with van der Waals surface area (Å²) in [6.45, 7) is 4.71. The molecule has 1 heterocycles. The van der Waals surface area contributed by atoms with E-state index in [-0.39, 0.29) is 12.5 Å². The molecule has 1 aromatic carbocycles. The van der Waals surface area contributed by atoms with Crippen LogP contribution < -0.4 is 4.90 Å². The third kappa shape index (κ3) is 4.32. The topological polar surface area (TPSA) is 56.7 Å². The van der Waals surface area contributed by atoms with Gasteiger partial charge in [0.1, 0.15) is 5.82 Å². The van der Waals surface area contributed by atoms with Crippen molar-refractivity contribution >= 4 is 11.7 Å². The third-order valence-electron chi connectivity index (χ3n) is 3.98. The molecule has 0 saturated heterocycles. The molecule has 1 N–H and O–H groups in total. The Morgan fingerprint density at radius 1 is 1.21 bits per heavy atom. The van der Waals surface area contributed by atoms with Crippen LogP contribution in [0.2, 0.25) is 0 Å². The molecule has 2 rings (SSSR count). The van der Waals surface area contributed by atoms with Crippen LogP contribution >= 0.6 is 0 Å². The fraction of sp³-hybridized carbons (Fsp3) is 0.368. The standard InChI is InChI=1S/C19H25N3O2/c1-5-22(13-17(23)15-8-6-14(2)7-9-15)19(24)16-10-11-20-18(12-16)21(3)4/h6-12,17,23H,5,13H2,1-4H3. The Morgan fingerprint density at radius 2 is 1.88 bits per heavy atom. The number of amides is 1. The van der Waals surface area contributed by atoms with Crippen LogP contribution in [0.15, 0.2) is 42.6 Å². The van der Waals surface area contributed by atoms with Gasteiger partial charge >= 0.3 is 0 Å². The zero-order valence-electron chi connectivity index (χ0n) is 14.7. The molecule has 2 aromatic rings. The van der Waals surface area contributed by atoms with E-state index in [1.54, 1.807) is 23.2 Å². The van der Waals surface area contributed by atoms with E-state index in [0.29, 0.717) is 12.1 Å². The number of anilines is 1. The molecule has 0 bridgehead atoms. The number of rotatable bonds is 6. The van der Waals surface area contributed by atoms with Gasteiger partial charge < -0.3 is 14.9 Å². The number of likely N-dealkylation sites (N-methyl/N-ethyl adjacent to an activating group) is 1. The van der Waals surface area contributed by atoms with Crippen LogP contribution in [0, 0.1) is 6.92 Å². The Kier molecular flexibility index (Phi) is 5.93. The first-order chi connectivity index (χ1) is 11.4. The van der Waals surface area contributed by atoms with Crippen molar-refractivity contribution in [2.24, 2.45) is 0 Å². The van der Waals surface area contributed by atoms with E-state index in [1.807, 2.05) is 57.1 Å².